The van der Waals surface area contributed by atoms with Crippen LogP contribution < -0.4 is 18.9 Å². The third-order valence-corrected chi connectivity index (χ3v) is 17.5. The molecule has 0 bridgehead atoms. The van der Waals surface area contributed by atoms with Gasteiger partial charge in [0.15, 0.2) is 24.8 Å². The van der Waals surface area contributed by atoms with E-state index in [1.807, 2.05) is 14.1 Å². The first-order chi connectivity index (χ1) is 43.4. The van der Waals surface area contributed by atoms with Gasteiger partial charge in [0, 0.05) is 50.4 Å². The number of halogens is 2. The molecule has 0 aliphatic carbocycles. The highest BCUT2D eigenvalue weighted by molar-refractivity contribution is 7.81. The van der Waals surface area contributed by atoms with Gasteiger partial charge in [-0.15, -0.1) is 0 Å². The summed E-state index contributed by atoms with van der Waals surface area (Å²) in [6, 6.07) is 21.7. The summed E-state index contributed by atoms with van der Waals surface area (Å²) in [7, 11) is -3.12. The molecule has 2 heterocycles. The van der Waals surface area contributed by atoms with Gasteiger partial charge in [0.2, 0.25) is 20.8 Å². The summed E-state index contributed by atoms with van der Waals surface area (Å²) in [5.74, 6) is 0. The first kappa shape index (κ1) is 84.2. The number of hydrogen-bond acceptors (Lipinski definition) is 10. The smallest absolute Gasteiger partial charge is 0.217 e. The second-order valence-electron chi connectivity index (χ2n) is 24.1. The number of hydrogen-bond donors (Lipinski definition) is 0. The highest BCUT2D eigenvalue weighted by Gasteiger charge is 2.13. The molecule has 90 heavy (non-hydrogen) atoms. The van der Waals surface area contributed by atoms with Crippen LogP contribution in [0.1, 0.15) is 281 Å². The molecule has 12 nitrogen and oxygen atoms in total. The van der Waals surface area contributed by atoms with E-state index in [4.69, 9.17) is 23.2 Å². The maximum atomic E-state index is 9.22. The highest BCUT2D eigenvalue weighted by atomic mass is 35.5. The molecule has 2 aromatic heterocycles. The lowest BCUT2D eigenvalue weighted by molar-refractivity contribution is -0.671. The molecule has 0 N–H and O–H groups in total. The maximum absolute atomic E-state index is 9.22. The molecule has 0 unspecified atom stereocenters. The van der Waals surface area contributed by atoms with Crippen LogP contribution in [-0.2, 0) is 43.3 Å². The Labute approximate surface area is 560 Å². The van der Waals surface area contributed by atoms with E-state index in [2.05, 4.69) is 165 Å². The van der Waals surface area contributed by atoms with Gasteiger partial charge >= 0.3 is 0 Å². The molecular formula is C74H122Cl2N4O8S2. The Kier molecular flexibility index (Phi) is 52.0. The normalized spacial score (nSPS) is 11.5. The Morgan fingerprint density at radius 2 is 0.556 bits per heavy atom. The van der Waals surface area contributed by atoms with Gasteiger partial charge in [-0.05, 0) is 72.2 Å². The van der Waals surface area contributed by atoms with Gasteiger partial charge in [-0.2, -0.15) is 0 Å². The maximum Gasteiger partial charge on any atom is 0.217 e. The van der Waals surface area contributed by atoms with E-state index in [-0.39, 0.29) is 0 Å². The molecule has 2 aromatic carbocycles. The standard InChI is InChI=1S/C38H62ClN2.C34H54ClN2.2CH4O4S/c1-4-6-8-10-12-14-16-18-20-22-30-41(31-23-21-19-17-15-13-11-9-7-5-2)38-27-26-36(34-37(38)39)25-24-35-28-32-40(3)33-29-35;1-4-6-8-10-12-14-16-18-26-37(27-19-17-15-13-11-9-7-5-2)34-23-22-32(30-33(34)35)21-20-31-24-28-36(3)29-25-31;2*1-5-6(2,3)4/h24-29,32-34H,4-23,30-31H2,1-3H3;20-25,28-30H,4-19,26-27H2,1-3H3;2*1H3,(H,2,3,4)/q2*+1;;/p-2. The molecule has 0 spiro atoms. The van der Waals surface area contributed by atoms with Crippen molar-refractivity contribution in [2.75, 3.05) is 50.2 Å². The molecule has 0 aliphatic heterocycles. The molecule has 512 valence electrons. The quantitative estimate of drug-likeness (QED) is 0.0181. The van der Waals surface area contributed by atoms with Gasteiger partial charge in [0.1, 0.15) is 14.1 Å². The van der Waals surface area contributed by atoms with Crippen LogP contribution >= 0.6 is 23.2 Å². The molecule has 0 radical (unpaired) electrons. The Balaban J connectivity index is 0.000000762. The number of anilines is 2. The number of benzene rings is 2. The van der Waals surface area contributed by atoms with Crippen molar-refractivity contribution in [1.82, 2.24) is 0 Å². The number of nitrogens with zero attached hydrogens (tertiary/aromatic N) is 4. The van der Waals surface area contributed by atoms with Crippen LogP contribution in [0.5, 0.6) is 0 Å². The van der Waals surface area contributed by atoms with Gasteiger partial charge in [0.25, 0.3) is 0 Å². The second kappa shape index (κ2) is 55.6. The van der Waals surface area contributed by atoms with Crippen molar-refractivity contribution >= 4 is 79.7 Å². The van der Waals surface area contributed by atoms with Crippen molar-refractivity contribution in [3.05, 3.63) is 118 Å². The van der Waals surface area contributed by atoms with Gasteiger partial charge in [0.05, 0.1) is 35.6 Å². The predicted molar refractivity (Wildman–Crippen MR) is 383 cm³/mol. The van der Waals surface area contributed by atoms with Gasteiger partial charge in [-0.25, -0.2) is 26.0 Å². The molecule has 4 aromatic rings. The van der Waals surface area contributed by atoms with Gasteiger partial charge in [-0.1, -0.05) is 293 Å². The largest absolute Gasteiger partial charge is 0.726 e. The van der Waals surface area contributed by atoms with Gasteiger partial charge in [-0.3, -0.25) is 8.37 Å². The fourth-order valence-corrected chi connectivity index (χ4v) is 11.2. The van der Waals surface area contributed by atoms with Gasteiger partial charge < -0.3 is 18.9 Å². The van der Waals surface area contributed by atoms with Crippen LogP contribution in [0.3, 0.4) is 0 Å². The fourth-order valence-electron chi connectivity index (χ4n) is 10.6. The zero-order valence-electron chi connectivity index (χ0n) is 57.3. The van der Waals surface area contributed by atoms with E-state index < -0.39 is 20.8 Å². The molecule has 0 atom stereocenters. The zero-order valence-corrected chi connectivity index (χ0v) is 60.4. The van der Waals surface area contributed by atoms with Crippen LogP contribution in [0, 0.1) is 0 Å². The molecule has 0 fully saturated rings. The topological polar surface area (TPSA) is 147 Å². The number of aryl methyl sites for hydroxylation is 2. The van der Waals surface area contributed by atoms with E-state index in [1.165, 1.54) is 254 Å². The van der Waals surface area contributed by atoms with Crippen molar-refractivity contribution in [1.29, 1.82) is 0 Å². The van der Waals surface area contributed by atoms with Crippen molar-refractivity contribution in [2.24, 2.45) is 14.1 Å². The second-order valence-corrected chi connectivity index (χ2v) is 27.2. The summed E-state index contributed by atoms with van der Waals surface area (Å²) in [5, 5.41) is 1.76. The fraction of sp³-hybridized carbons (Fsp3) is 0.649. The van der Waals surface area contributed by atoms with E-state index in [0.29, 0.717) is 0 Å². The van der Waals surface area contributed by atoms with E-state index in [0.717, 1.165) is 61.6 Å². The van der Waals surface area contributed by atoms with Crippen LogP contribution in [0.4, 0.5) is 11.4 Å². The summed E-state index contributed by atoms with van der Waals surface area (Å²) in [6.07, 6.45) is 66.2. The summed E-state index contributed by atoms with van der Waals surface area (Å²) in [6.45, 7) is 13.6. The minimum absolute atomic E-state index is 0.808. The Morgan fingerprint density at radius 3 is 0.756 bits per heavy atom. The first-order valence-corrected chi connectivity index (χ1v) is 38.2. The lowest BCUT2D eigenvalue weighted by Gasteiger charge is -2.26. The SMILES string of the molecule is CCCCCCCCCCCCN(CCCCCCCCCCCC)c1ccc(C=Cc2cc[n+](C)cc2)cc1Cl.CCCCCCCCCCN(CCCCCCCCCC)c1ccc(C=Cc2cc[n+](C)cc2)cc1Cl.COS(=O)(=O)[O-].COS(=O)(=O)[O-]. The van der Waals surface area contributed by atoms with Crippen LogP contribution in [-0.4, -0.2) is 66.3 Å². The number of rotatable bonds is 48. The lowest BCUT2D eigenvalue weighted by atomic mass is 10.1. The van der Waals surface area contributed by atoms with E-state index in [9.17, 15) is 25.9 Å². The predicted octanol–water partition coefficient (Wildman–Crippen LogP) is 20.6. The Morgan fingerprint density at radius 1 is 0.356 bits per heavy atom. The van der Waals surface area contributed by atoms with Crippen molar-refractivity contribution in [2.45, 2.75) is 259 Å². The van der Waals surface area contributed by atoms with E-state index in [1.54, 1.807) is 0 Å². The van der Waals surface area contributed by atoms with Crippen molar-refractivity contribution in [3.8, 4) is 0 Å². The summed E-state index contributed by atoms with van der Waals surface area (Å²) < 4.78 is 66.2. The summed E-state index contributed by atoms with van der Waals surface area (Å²) >= 11 is 13.8. The Bertz CT molecular complexity index is 2570. The molecule has 16 heteroatoms. The summed E-state index contributed by atoms with van der Waals surface area (Å²) in [5.41, 5.74) is 7.13. The summed E-state index contributed by atoms with van der Waals surface area (Å²) in [4.78, 5) is 5.13. The third-order valence-electron chi connectivity index (χ3n) is 16.1. The molecular weight excluding hydrogens is 1210 g/mol. The van der Waals surface area contributed by atoms with Crippen molar-refractivity contribution < 1.29 is 43.4 Å². The average Bonchev–Trinajstić information content (AvgIpc) is 1.46. The zero-order chi connectivity index (χ0) is 66.4. The molecule has 0 aliphatic rings. The van der Waals surface area contributed by atoms with Crippen LogP contribution in [0.15, 0.2) is 85.5 Å². The lowest BCUT2D eigenvalue weighted by Crippen LogP contribution is -2.26. The minimum Gasteiger partial charge on any atom is -0.726 e. The minimum atomic E-state index is -4.41. The monoisotopic (exact) mass is 1330 g/mol. The average molecular weight is 1330 g/mol. The van der Waals surface area contributed by atoms with E-state index >= 15 is 0 Å². The molecule has 0 saturated heterocycles. The van der Waals surface area contributed by atoms with Crippen LogP contribution in [0.25, 0.3) is 24.3 Å². The molecule has 4 rings (SSSR count). The molecule has 0 saturated carbocycles. The number of unbranched alkanes of at least 4 members (excludes halogenated alkanes) is 32. The Hall–Kier alpha value is -3.86. The number of pyridine rings is 2. The highest BCUT2D eigenvalue weighted by Crippen LogP contribution is 2.31. The number of aromatic nitrogens is 2. The molecule has 0 amide bonds. The first-order valence-electron chi connectivity index (χ1n) is 34.8. The van der Waals surface area contributed by atoms with Crippen LogP contribution in [0.2, 0.25) is 10.0 Å². The third kappa shape index (κ3) is 47.9. The van der Waals surface area contributed by atoms with Crippen molar-refractivity contribution in [3.63, 3.8) is 0 Å².